The number of anilines is 2. The molecule has 0 bridgehead atoms. The van der Waals surface area contributed by atoms with E-state index in [0.717, 1.165) is 15.9 Å². The van der Waals surface area contributed by atoms with Crippen LogP contribution in [0.25, 0.3) is 0 Å². The predicted molar refractivity (Wildman–Crippen MR) is 112 cm³/mol. The van der Waals surface area contributed by atoms with Crippen LogP contribution in [-0.4, -0.2) is 23.5 Å². The largest absolute Gasteiger partial charge is 0.457 e. The molecule has 0 N–H and O–H groups in total. The Labute approximate surface area is 178 Å². The Hall–Kier alpha value is -2.83. The highest BCUT2D eigenvalue weighted by Crippen LogP contribution is 2.33. The van der Waals surface area contributed by atoms with E-state index in [-0.39, 0.29) is 5.70 Å². The summed E-state index contributed by atoms with van der Waals surface area (Å²) in [5.41, 5.74) is -0.155. The molecular weight excluding hydrogens is 415 g/mol. The van der Waals surface area contributed by atoms with Gasteiger partial charge in [0.25, 0.3) is 5.91 Å². The smallest absolute Gasteiger partial charge is 0.340 e. The summed E-state index contributed by atoms with van der Waals surface area (Å²) in [4.78, 5) is 40.7. The second-order valence-corrected chi connectivity index (χ2v) is 8.15. The van der Waals surface area contributed by atoms with Gasteiger partial charge in [0.2, 0.25) is 0 Å². The van der Waals surface area contributed by atoms with Gasteiger partial charge < -0.3 is 4.74 Å². The zero-order valence-corrected chi connectivity index (χ0v) is 17.5. The van der Waals surface area contributed by atoms with Crippen molar-refractivity contribution in [2.45, 2.75) is 26.4 Å². The maximum Gasteiger partial charge on any atom is 0.340 e. The number of halogens is 2. The molecule has 1 aliphatic heterocycles. The first-order valence-electron chi connectivity index (χ1n) is 8.71. The lowest BCUT2D eigenvalue weighted by Crippen LogP contribution is -2.32. The molecule has 1 saturated heterocycles. The summed E-state index contributed by atoms with van der Waals surface area (Å²) < 4.78 is 5.28. The minimum Gasteiger partial charge on any atom is -0.457 e. The maximum absolute atomic E-state index is 13.1. The molecule has 0 spiro atoms. The lowest BCUT2D eigenvalue weighted by atomic mass is 10.2. The van der Waals surface area contributed by atoms with E-state index in [1.807, 2.05) is 0 Å². The van der Waals surface area contributed by atoms with Gasteiger partial charge in [0, 0.05) is 10.0 Å². The zero-order valence-electron chi connectivity index (χ0n) is 16.0. The summed E-state index contributed by atoms with van der Waals surface area (Å²) >= 11 is 11.8. The van der Waals surface area contributed by atoms with Crippen molar-refractivity contribution in [3.8, 4) is 0 Å². The van der Waals surface area contributed by atoms with Crippen LogP contribution in [-0.2, 0) is 14.3 Å². The third-order valence-corrected chi connectivity index (χ3v) is 4.38. The molecule has 29 heavy (non-hydrogen) atoms. The topological polar surface area (TPSA) is 66.9 Å². The van der Waals surface area contributed by atoms with Crippen molar-refractivity contribution in [1.82, 2.24) is 0 Å². The number of carbonyl (C=O) groups excluding carboxylic acids is 3. The highest BCUT2D eigenvalue weighted by Gasteiger charge is 2.43. The van der Waals surface area contributed by atoms with Crippen molar-refractivity contribution in [2.24, 2.45) is 0 Å². The summed E-state index contributed by atoms with van der Waals surface area (Å²) in [6.45, 7) is 5.13. The standard InChI is InChI=1S/C21H18Cl2N2O4/c1-21(2,3)29-18(26)12-17-19(27)25(16-10-6-14(23)7-11-16)20(28)24(17)15-8-4-13(22)5-9-15/h4-12H,1-3H3/b17-12-. The zero-order chi connectivity index (χ0) is 21.3. The van der Waals surface area contributed by atoms with Gasteiger partial charge in [0.15, 0.2) is 0 Å². The number of ether oxygens (including phenoxy) is 1. The lowest BCUT2D eigenvalue weighted by molar-refractivity contribution is -0.148. The Morgan fingerprint density at radius 1 is 0.862 bits per heavy atom. The summed E-state index contributed by atoms with van der Waals surface area (Å²) in [5, 5.41) is 0.936. The Morgan fingerprint density at radius 3 is 1.76 bits per heavy atom. The van der Waals surface area contributed by atoms with Gasteiger partial charge in [-0.2, -0.15) is 0 Å². The summed E-state index contributed by atoms with van der Waals surface area (Å²) in [6.07, 6.45) is 1.02. The highest BCUT2D eigenvalue weighted by atomic mass is 35.5. The molecule has 1 heterocycles. The second kappa shape index (κ2) is 7.89. The highest BCUT2D eigenvalue weighted by molar-refractivity contribution is 6.35. The SMILES string of the molecule is CC(C)(C)OC(=O)/C=C1/C(=O)N(c2ccc(Cl)cc2)C(=O)N1c1ccc(Cl)cc1. The number of hydrogen-bond acceptors (Lipinski definition) is 4. The number of esters is 1. The van der Waals surface area contributed by atoms with E-state index in [4.69, 9.17) is 27.9 Å². The van der Waals surface area contributed by atoms with E-state index < -0.39 is 23.5 Å². The molecule has 0 aromatic heterocycles. The summed E-state index contributed by atoms with van der Waals surface area (Å²) in [5.74, 6) is -1.39. The van der Waals surface area contributed by atoms with Gasteiger partial charge >= 0.3 is 12.0 Å². The fourth-order valence-electron chi connectivity index (χ4n) is 2.73. The molecule has 8 heteroatoms. The minimum absolute atomic E-state index is 0.124. The molecule has 6 nitrogen and oxygen atoms in total. The van der Waals surface area contributed by atoms with E-state index in [0.29, 0.717) is 21.4 Å². The molecule has 0 unspecified atom stereocenters. The molecule has 1 aliphatic rings. The number of amides is 3. The van der Waals surface area contributed by atoms with E-state index in [1.165, 1.54) is 0 Å². The molecule has 0 radical (unpaired) electrons. The van der Waals surface area contributed by atoms with Crippen LogP contribution >= 0.6 is 23.2 Å². The van der Waals surface area contributed by atoms with Gasteiger partial charge in [-0.25, -0.2) is 14.5 Å². The number of nitrogens with zero attached hydrogens (tertiary/aromatic N) is 2. The normalized spacial score (nSPS) is 16.0. The number of benzene rings is 2. The Morgan fingerprint density at radius 2 is 1.31 bits per heavy atom. The first-order valence-corrected chi connectivity index (χ1v) is 9.47. The van der Waals surface area contributed by atoms with Gasteiger partial charge in [-0.3, -0.25) is 9.69 Å². The van der Waals surface area contributed by atoms with E-state index in [2.05, 4.69) is 0 Å². The van der Waals surface area contributed by atoms with Gasteiger partial charge in [0.1, 0.15) is 11.3 Å². The molecule has 2 aromatic rings. The van der Waals surface area contributed by atoms with E-state index in [1.54, 1.807) is 69.3 Å². The molecular formula is C21H18Cl2N2O4. The molecule has 3 rings (SSSR count). The van der Waals surface area contributed by atoms with Crippen LogP contribution in [0.5, 0.6) is 0 Å². The van der Waals surface area contributed by atoms with E-state index >= 15 is 0 Å². The van der Waals surface area contributed by atoms with Gasteiger partial charge in [-0.15, -0.1) is 0 Å². The van der Waals surface area contributed by atoms with Crippen molar-refractivity contribution < 1.29 is 19.1 Å². The third-order valence-electron chi connectivity index (χ3n) is 3.88. The fraction of sp³-hybridized carbons (Fsp3) is 0.190. The number of hydrogen-bond donors (Lipinski definition) is 0. The van der Waals surface area contributed by atoms with Crippen LogP contribution in [0, 0.1) is 0 Å². The molecule has 3 amide bonds. The monoisotopic (exact) mass is 432 g/mol. The minimum atomic E-state index is -0.749. The van der Waals surface area contributed by atoms with Crippen LogP contribution in [0.3, 0.4) is 0 Å². The van der Waals surface area contributed by atoms with Crippen LogP contribution < -0.4 is 9.80 Å². The Kier molecular flexibility index (Phi) is 5.68. The van der Waals surface area contributed by atoms with Crippen LogP contribution in [0.2, 0.25) is 10.0 Å². The predicted octanol–water partition coefficient (Wildman–Crippen LogP) is 5.19. The Bertz CT molecular complexity index is 993. The van der Waals surface area contributed by atoms with Gasteiger partial charge in [0.05, 0.1) is 17.5 Å². The molecule has 0 saturated carbocycles. The third kappa shape index (κ3) is 4.60. The van der Waals surface area contributed by atoms with E-state index in [9.17, 15) is 14.4 Å². The maximum atomic E-state index is 13.1. The first-order chi connectivity index (χ1) is 13.6. The molecule has 0 atom stereocenters. The van der Waals surface area contributed by atoms with Gasteiger partial charge in [-0.1, -0.05) is 23.2 Å². The number of urea groups is 1. The van der Waals surface area contributed by atoms with Crippen molar-refractivity contribution in [2.75, 3.05) is 9.80 Å². The molecule has 0 aliphatic carbocycles. The van der Waals surface area contributed by atoms with Crippen LogP contribution in [0.4, 0.5) is 16.2 Å². The number of carbonyl (C=O) groups is 3. The lowest BCUT2D eigenvalue weighted by Gasteiger charge is -2.19. The quantitative estimate of drug-likeness (QED) is 0.380. The second-order valence-electron chi connectivity index (χ2n) is 7.27. The molecule has 2 aromatic carbocycles. The first kappa shape index (κ1) is 20.9. The van der Waals surface area contributed by atoms with Gasteiger partial charge in [-0.05, 0) is 69.3 Å². The summed E-state index contributed by atoms with van der Waals surface area (Å²) in [6, 6.07) is 12.0. The molecule has 150 valence electrons. The fourth-order valence-corrected chi connectivity index (χ4v) is 2.98. The van der Waals surface area contributed by atoms with Crippen molar-refractivity contribution in [1.29, 1.82) is 0 Å². The van der Waals surface area contributed by atoms with Crippen molar-refractivity contribution >= 4 is 52.5 Å². The number of imide groups is 1. The average Bonchev–Trinajstić information content (AvgIpc) is 2.85. The Balaban J connectivity index is 2.07. The van der Waals surface area contributed by atoms with Crippen molar-refractivity contribution in [3.05, 3.63) is 70.3 Å². The molecule has 1 fully saturated rings. The van der Waals surface area contributed by atoms with Crippen LogP contribution in [0.15, 0.2) is 60.3 Å². The van der Waals surface area contributed by atoms with Crippen LogP contribution in [0.1, 0.15) is 20.8 Å². The summed E-state index contributed by atoms with van der Waals surface area (Å²) in [7, 11) is 0. The van der Waals surface area contributed by atoms with Crippen molar-refractivity contribution in [3.63, 3.8) is 0 Å². The average molecular weight is 433 g/mol. The number of rotatable bonds is 3.